The van der Waals surface area contributed by atoms with E-state index in [0.29, 0.717) is 24.5 Å². The van der Waals surface area contributed by atoms with Crippen LogP contribution in [-0.4, -0.2) is 34.1 Å². The molecule has 0 radical (unpaired) electrons. The monoisotopic (exact) mass is 398 g/mol. The normalized spacial score (nSPS) is 14.7. The molecule has 0 saturated carbocycles. The molecule has 1 fully saturated rings. The highest BCUT2D eigenvalue weighted by Crippen LogP contribution is 2.34. The van der Waals surface area contributed by atoms with Gasteiger partial charge in [-0.05, 0) is 41.5 Å². The summed E-state index contributed by atoms with van der Waals surface area (Å²) >= 11 is 0. The van der Waals surface area contributed by atoms with Gasteiger partial charge in [0.1, 0.15) is 17.9 Å². The van der Waals surface area contributed by atoms with Gasteiger partial charge < -0.3 is 14.5 Å². The molecule has 2 aromatic carbocycles. The Labute approximate surface area is 174 Å². The van der Waals surface area contributed by atoms with Gasteiger partial charge in [0.15, 0.2) is 0 Å². The van der Waals surface area contributed by atoms with E-state index in [2.05, 4.69) is 34.4 Å². The fourth-order valence-electron chi connectivity index (χ4n) is 4.04. The van der Waals surface area contributed by atoms with Gasteiger partial charge >= 0.3 is 0 Å². The second-order valence-corrected chi connectivity index (χ2v) is 7.54. The summed E-state index contributed by atoms with van der Waals surface area (Å²) in [4.78, 5) is 3.48. The van der Waals surface area contributed by atoms with Gasteiger partial charge in [0.25, 0.3) is 0 Å². The van der Waals surface area contributed by atoms with Crippen LogP contribution in [0.1, 0.15) is 18.4 Å². The van der Waals surface area contributed by atoms with Crippen LogP contribution in [-0.2, 0) is 11.8 Å². The van der Waals surface area contributed by atoms with Crippen molar-refractivity contribution in [1.82, 2.24) is 14.8 Å². The van der Waals surface area contributed by atoms with Crippen LogP contribution < -0.4 is 4.74 Å². The predicted octanol–water partition coefficient (Wildman–Crippen LogP) is 4.66. The Morgan fingerprint density at radius 2 is 2.03 bits per heavy atom. The molecule has 1 aliphatic heterocycles. The zero-order valence-electron chi connectivity index (χ0n) is 16.8. The summed E-state index contributed by atoms with van der Waals surface area (Å²) in [5.41, 5.74) is 5.70. The van der Waals surface area contributed by atoms with Gasteiger partial charge in [0.05, 0.1) is 30.2 Å². The molecule has 30 heavy (non-hydrogen) atoms. The second-order valence-electron chi connectivity index (χ2n) is 7.54. The van der Waals surface area contributed by atoms with Crippen molar-refractivity contribution in [3.8, 4) is 34.3 Å². The molecule has 5 rings (SSSR count). The minimum atomic E-state index is 0.103. The van der Waals surface area contributed by atoms with E-state index in [9.17, 15) is 5.26 Å². The fourth-order valence-corrected chi connectivity index (χ4v) is 4.04. The predicted molar refractivity (Wildman–Crippen MR) is 115 cm³/mol. The fraction of sp³-hybridized carbons (Fsp3) is 0.250. The van der Waals surface area contributed by atoms with Crippen molar-refractivity contribution >= 4 is 10.9 Å². The summed E-state index contributed by atoms with van der Waals surface area (Å²) in [5.74, 6) is 0.643. The maximum atomic E-state index is 9.72. The minimum Gasteiger partial charge on any atom is -0.489 e. The average molecular weight is 398 g/mol. The molecular weight excluding hydrogens is 376 g/mol. The van der Waals surface area contributed by atoms with Gasteiger partial charge in [-0.15, -0.1) is 0 Å². The number of fused-ring (bicyclic) bond motifs is 1. The Morgan fingerprint density at radius 1 is 1.17 bits per heavy atom. The number of hydrogen-bond donors (Lipinski definition) is 1. The number of aromatic amines is 1. The first-order valence-corrected chi connectivity index (χ1v) is 10.1. The lowest BCUT2D eigenvalue weighted by atomic mass is 9.99. The van der Waals surface area contributed by atoms with Crippen LogP contribution in [0, 0.1) is 11.3 Å². The third-order valence-corrected chi connectivity index (χ3v) is 5.63. The molecule has 2 aromatic heterocycles. The van der Waals surface area contributed by atoms with Gasteiger partial charge in [0, 0.05) is 37.0 Å². The Balaban J connectivity index is 1.52. The number of ether oxygens (including phenoxy) is 2. The van der Waals surface area contributed by atoms with E-state index in [1.54, 1.807) is 6.20 Å². The lowest BCUT2D eigenvalue weighted by Crippen LogP contribution is -2.26. The highest BCUT2D eigenvalue weighted by Gasteiger charge is 2.18. The molecule has 1 aliphatic rings. The van der Waals surface area contributed by atoms with Crippen molar-refractivity contribution in [2.24, 2.45) is 7.05 Å². The van der Waals surface area contributed by atoms with E-state index in [1.807, 2.05) is 42.1 Å². The van der Waals surface area contributed by atoms with Gasteiger partial charge in [-0.25, -0.2) is 0 Å². The molecule has 3 heterocycles. The van der Waals surface area contributed by atoms with E-state index in [0.717, 1.165) is 46.3 Å². The summed E-state index contributed by atoms with van der Waals surface area (Å²) in [6.45, 7) is 1.41. The molecule has 0 spiro atoms. The molecule has 0 bridgehead atoms. The third-order valence-electron chi connectivity index (χ3n) is 5.63. The van der Waals surface area contributed by atoms with Crippen LogP contribution in [0.25, 0.3) is 33.4 Å². The number of benzene rings is 2. The average Bonchev–Trinajstić information content (AvgIpc) is 3.40. The second kappa shape index (κ2) is 7.69. The minimum absolute atomic E-state index is 0.103. The molecule has 150 valence electrons. The smallest absolute Gasteiger partial charge is 0.137 e. The first-order valence-electron chi connectivity index (χ1n) is 10.1. The number of rotatable bonds is 4. The quantitative estimate of drug-likeness (QED) is 0.542. The Hall–Kier alpha value is -3.56. The van der Waals surface area contributed by atoms with Crippen LogP contribution in [0.2, 0.25) is 0 Å². The molecule has 1 N–H and O–H groups in total. The van der Waals surface area contributed by atoms with Gasteiger partial charge in [-0.3, -0.25) is 4.68 Å². The van der Waals surface area contributed by atoms with E-state index in [1.165, 1.54) is 0 Å². The Kier molecular flexibility index (Phi) is 4.74. The molecule has 0 atom stereocenters. The van der Waals surface area contributed by atoms with E-state index >= 15 is 0 Å². The van der Waals surface area contributed by atoms with Crippen molar-refractivity contribution in [3.05, 3.63) is 60.3 Å². The van der Waals surface area contributed by atoms with Gasteiger partial charge in [-0.1, -0.05) is 18.2 Å². The van der Waals surface area contributed by atoms with Crippen molar-refractivity contribution in [2.75, 3.05) is 13.2 Å². The maximum absolute atomic E-state index is 9.72. The van der Waals surface area contributed by atoms with Crippen LogP contribution in [0.15, 0.2) is 54.7 Å². The lowest BCUT2D eigenvalue weighted by molar-refractivity contribution is 0.0254. The van der Waals surface area contributed by atoms with E-state index < -0.39 is 0 Å². The van der Waals surface area contributed by atoms with E-state index in [-0.39, 0.29) is 6.10 Å². The zero-order chi connectivity index (χ0) is 20.5. The van der Waals surface area contributed by atoms with Crippen LogP contribution in [0.5, 0.6) is 5.75 Å². The third kappa shape index (κ3) is 3.34. The molecule has 0 aliphatic carbocycles. The van der Waals surface area contributed by atoms with Gasteiger partial charge in [-0.2, -0.15) is 10.4 Å². The highest BCUT2D eigenvalue weighted by molar-refractivity contribution is 5.98. The van der Waals surface area contributed by atoms with Crippen molar-refractivity contribution in [2.45, 2.75) is 18.9 Å². The standard InChI is InChI=1S/C24H22N4O2/c1-28-23(7-10-26-28)22-14-20-19(3-2-4-21(20)27-22)16-5-6-24(17(13-16)15-25)30-18-8-11-29-12-9-18/h2-7,10,13-14,18,27H,8-9,11-12H2,1H3. The molecule has 1 saturated heterocycles. The number of nitrogens with one attached hydrogen (secondary N) is 1. The Bertz CT molecular complexity index is 1240. The number of aryl methyl sites for hydroxylation is 1. The SMILES string of the molecule is Cn1nccc1-c1cc2c(-c3ccc(OC4CCOCC4)c(C#N)c3)cccc2[nH]1. The lowest BCUT2D eigenvalue weighted by Gasteiger charge is -2.24. The van der Waals surface area contributed by atoms with Crippen molar-refractivity contribution in [1.29, 1.82) is 5.26 Å². The van der Waals surface area contributed by atoms with Gasteiger partial charge in [0.2, 0.25) is 0 Å². The zero-order valence-corrected chi connectivity index (χ0v) is 16.8. The summed E-state index contributed by atoms with van der Waals surface area (Å²) in [7, 11) is 1.93. The van der Waals surface area contributed by atoms with E-state index in [4.69, 9.17) is 9.47 Å². The highest BCUT2D eigenvalue weighted by atomic mass is 16.5. The Morgan fingerprint density at radius 3 is 2.80 bits per heavy atom. The first-order chi connectivity index (χ1) is 14.7. The first kappa shape index (κ1) is 18.5. The number of nitrogens with zero attached hydrogens (tertiary/aromatic N) is 3. The number of H-pyrrole nitrogens is 1. The summed E-state index contributed by atoms with van der Waals surface area (Å²) in [6.07, 6.45) is 3.60. The number of nitriles is 1. The molecule has 0 unspecified atom stereocenters. The maximum Gasteiger partial charge on any atom is 0.137 e. The largest absolute Gasteiger partial charge is 0.489 e. The molecule has 6 nitrogen and oxygen atoms in total. The molecule has 0 amide bonds. The molecule has 4 aromatic rings. The summed E-state index contributed by atoms with van der Waals surface area (Å²) in [5, 5.41) is 15.1. The van der Waals surface area contributed by atoms with Crippen LogP contribution in [0.4, 0.5) is 0 Å². The molecule has 6 heteroatoms. The summed E-state index contributed by atoms with van der Waals surface area (Å²) < 4.78 is 13.3. The number of aromatic nitrogens is 3. The van der Waals surface area contributed by atoms with Crippen LogP contribution in [0.3, 0.4) is 0 Å². The van der Waals surface area contributed by atoms with Crippen molar-refractivity contribution < 1.29 is 9.47 Å². The number of hydrogen-bond acceptors (Lipinski definition) is 4. The van der Waals surface area contributed by atoms with Crippen LogP contribution >= 0.6 is 0 Å². The van der Waals surface area contributed by atoms with Crippen molar-refractivity contribution in [3.63, 3.8) is 0 Å². The topological polar surface area (TPSA) is 75.9 Å². The summed E-state index contributed by atoms with van der Waals surface area (Å²) in [6, 6.07) is 18.5. The molecular formula is C24H22N4O2.